The predicted octanol–water partition coefficient (Wildman–Crippen LogP) is 2.82. The van der Waals surface area contributed by atoms with Gasteiger partial charge in [0.05, 0.1) is 28.6 Å². The molecule has 200 valence electrons. The van der Waals surface area contributed by atoms with Crippen molar-refractivity contribution < 1.29 is 28.2 Å². The lowest BCUT2D eigenvalue weighted by Gasteiger charge is -2.26. The van der Waals surface area contributed by atoms with Gasteiger partial charge in [-0.05, 0) is 72.4 Å². The summed E-state index contributed by atoms with van der Waals surface area (Å²) in [5.74, 6) is -1.34. The van der Waals surface area contributed by atoms with Gasteiger partial charge in [-0.1, -0.05) is 42.5 Å². The van der Waals surface area contributed by atoms with Crippen LogP contribution >= 0.6 is 0 Å². The molecule has 0 spiro atoms. The Labute approximate surface area is 222 Å². The Morgan fingerprint density at radius 3 is 2.53 bits per heavy atom. The van der Waals surface area contributed by atoms with E-state index in [-0.39, 0.29) is 22.8 Å². The van der Waals surface area contributed by atoms with Crippen LogP contribution in [0.3, 0.4) is 0 Å². The molecule has 1 saturated heterocycles. The first-order chi connectivity index (χ1) is 17.9. The van der Waals surface area contributed by atoms with E-state index in [9.17, 15) is 28.2 Å². The van der Waals surface area contributed by atoms with Gasteiger partial charge in [-0.2, -0.15) is 0 Å². The molecule has 1 aliphatic rings. The maximum absolute atomic E-state index is 13.2. The van der Waals surface area contributed by atoms with Gasteiger partial charge < -0.3 is 15.5 Å². The molecule has 3 aromatic carbocycles. The number of primary sulfonamides is 1. The molecule has 1 heterocycles. The first kappa shape index (κ1) is 27.5. The number of carboxylic acids is 1. The number of nitrogens with two attached hydrogens (primary N) is 1. The molecule has 10 heteroatoms. The molecule has 4 rings (SSSR count). The van der Waals surface area contributed by atoms with Crippen molar-refractivity contribution in [3.8, 4) is 11.1 Å². The second-order valence-electron chi connectivity index (χ2n) is 9.68. The molecular formula is C28H31N3O6S. The zero-order valence-corrected chi connectivity index (χ0v) is 22.0. The minimum atomic E-state index is -3.80. The normalized spacial score (nSPS) is 18.7. The Morgan fingerprint density at radius 1 is 1.11 bits per heavy atom. The third kappa shape index (κ3) is 6.11. The highest BCUT2D eigenvalue weighted by Crippen LogP contribution is 2.28. The number of aliphatic hydroxyl groups is 1. The first-order valence-corrected chi connectivity index (χ1v) is 13.8. The van der Waals surface area contributed by atoms with Gasteiger partial charge in [-0.3, -0.25) is 9.69 Å². The molecule has 38 heavy (non-hydrogen) atoms. The minimum Gasteiger partial charge on any atom is -0.478 e. The molecule has 9 nitrogen and oxygen atoms in total. The number of nitrogens with one attached hydrogen (secondary N) is 1. The summed E-state index contributed by atoms with van der Waals surface area (Å²) in [6, 6.07) is 17.9. The number of carbonyl (C=O) groups excluding carboxylic acids is 1. The summed E-state index contributed by atoms with van der Waals surface area (Å²) in [5, 5.41) is 28.0. The fourth-order valence-electron chi connectivity index (χ4n) is 4.99. The first-order valence-electron chi connectivity index (χ1n) is 12.2. The van der Waals surface area contributed by atoms with Gasteiger partial charge >= 0.3 is 5.97 Å². The van der Waals surface area contributed by atoms with Crippen molar-refractivity contribution in [1.82, 2.24) is 10.2 Å². The lowest BCUT2D eigenvalue weighted by molar-refractivity contribution is -0.126. The third-order valence-electron chi connectivity index (χ3n) is 6.85. The average Bonchev–Trinajstić information content (AvgIpc) is 3.23. The number of nitrogens with zero attached hydrogens (tertiary/aromatic N) is 1. The lowest BCUT2D eigenvalue weighted by atomic mass is 9.98. The highest BCUT2D eigenvalue weighted by atomic mass is 32.2. The van der Waals surface area contributed by atoms with Crippen LogP contribution in [-0.4, -0.2) is 54.1 Å². The van der Waals surface area contributed by atoms with Crippen LogP contribution in [0.25, 0.3) is 11.1 Å². The summed E-state index contributed by atoms with van der Waals surface area (Å²) >= 11 is 0. The maximum atomic E-state index is 13.2. The van der Waals surface area contributed by atoms with Crippen molar-refractivity contribution in [2.75, 3.05) is 6.54 Å². The molecule has 1 amide bonds. The van der Waals surface area contributed by atoms with E-state index >= 15 is 0 Å². The monoisotopic (exact) mass is 537 g/mol. The highest BCUT2D eigenvalue weighted by molar-refractivity contribution is 7.89. The summed E-state index contributed by atoms with van der Waals surface area (Å²) in [4.78, 5) is 26.8. The van der Waals surface area contributed by atoms with E-state index in [1.54, 1.807) is 31.2 Å². The zero-order chi connectivity index (χ0) is 27.6. The number of rotatable bonds is 8. The molecule has 0 aromatic heterocycles. The van der Waals surface area contributed by atoms with Crippen LogP contribution in [0.4, 0.5) is 0 Å². The molecule has 1 fully saturated rings. The number of β-amino-alcohol motifs (C(OH)–C–C–N with tert-alkyl or cyclic N) is 1. The van der Waals surface area contributed by atoms with Gasteiger partial charge in [-0.25, -0.2) is 18.4 Å². The number of benzene rings is 3. The van der Waals surface area contributed by atoms with Crippen molar-refractivity contribution in [3.05, 3.63) is 89.0 Å². The number of aromatic carboxylic acids is 1. The van der Waals surface area contributed by atoms with E-state index in [4.69, 9.17) is 5.14 Å². The van der Waals surface area contributed by atoms with Crippen molar-refractivity contribution in [2.24, 2.45) is 5.14 Å². The summed E-state index contributed by atoms with van der Waals surface area (Å²) < 4.78 is 23.4. The van der Waals surface area contributed by atoms with Gasteiger partial charge in [0.2, 0.25) is 15.9 Å². The van der Waals surface area contributed by atoms with Crippen molar-refractivity contribution >= 4 is 21.9 Å². The van der Waals surface area contributed by atoms with E-state index < -0.39 is 34.2 Å². The standard InChI is InChI=1S/C28H31N3O6S/c1-17-12-22(38(29,36)37)10-11-23(17)20-7-5-6-19(13-20)15-31-16-21(32)14-26(31)27(33)30-18(2)24-8-3-4-9-25(24)28(34)35/h3-13,18,21,26,32H,14-16H2,1-2H3,(H,30,33)(H,34,35)(H2,29,36,37)/t18-,21+,26+/m0/s1. The largest absolute Gasteiger partial charge is 0.478 e. The van der Waals surface area contributed by atoms with Crippen LogP contribution in [0.2, 0.25) is 0 Å². The molecule has 0 bridgehead atoms. The number of aliphatic hydroxyl groups excluding tert-OH is 1. The van der Waals surface area contributed by atoms with Crippen LogP contribution in [-0.2, 0) is 21.4 Å². The summed E-state index contributed by atoms with van der Waals surface area (Å²) in [5.41, 5.74) is 4.08. The Hall–Kier alpha value is -3.57. The molecule has 0 unspecified atom stereocenters. The smallest absolute Gasteiger partial charge is 0.336 e. The number of carbonyl (C=O) groups is 2. The minimum absolute atomic E-state index is 0.0509. The second-order valence-corrected chi connectivity index (χ2v) is 11.2. The molecule has 0 saturated carbocycles. The van der Waals surface area contributed by atoms with E-state index in [1.807, 2.05) is 36.1 Å². The Bertz CT molecular complexity index is 1470. The lowest BCUT2D eigenvalue weighted by Crippen LogP contribution is -2.43. The third-order valence-corrected chi connectivity index (χ3v) is 7.76. The number of sulfonamides is 1. The second kappa shape index (κ2) is 11.0. The van der Waals surface area contributed by atoms with Gasteiger partial charge in [0.25, 0.3) is 0 Å². The molecule has 1 aliphatic heterocycles. The molecule has 3 aromatic rings. The number of carboxylic acid groups (broad SMARTS) is 1. The predicted molar refractivity (Wildman–Crippen MR) is 143 cm³/mol. The van der Waals surface area contributed by atoms with Crippen LogP contribution in [0.5, 0.6) is 0 Å². The highest BCUT2D eigenvalue weighted by Gasteiger charge is 2.36. The number of aryl methyl sites for hydroxylation is 1. The van der Waals surface area contributed by atoms with Crippen LogP contribution in [0.1, 0.15) is 46.4 Å². The number of hydrogen-bond acceptors (Lipinski definition) is 6. The Kier molecular flexibility index (Phi) is 7.98. The van der Waals surface area contributed by atoms with Crippen molar-refractivity contribution in [2.45, 2.75) is 49.9 Å². The van der Waals surface area contributed by atoms with Crippen LogP contribution in [0.15, 0.2) is 71.6 Å². The van der Waals surface area contributed by atoms with E-state index in [2.05, 4.69) is 5.32 Å². The fraction of sp³-hybridized carbons (Fsp3) is 0.286. The van der Waals surface area contributed by atoms with Gasteiger partial charge in [0, 0.05) is 13.1 Å². The topological polar surface area (TPSA) is 150 Å². The quantitative estimate of drug-likeness (QED) is 0.345. The van der Waals surface area contributed by atoms with Gasteiger partial charge in [0.1, 0.15) is 0 Å². The average molecular weight is 538 g/mol. The summed E-state index contributed by atoms with van der Waals surface area (Å²) in [6.45, 7) is 4.29. The Morgan fingerprint density at radius 2 is 1.84 bits per heavy atom. The van der Waals surface area contributed by atoms with Gasteiger partial charge in [0.15, 0.2) is 0 Å². The van der Waals surface area contributed by atoms with Crippen LogP contribution < -0.4 is 10.5 Å². The number of amides is 1. The number of likely N-dealkylation sites (tertiary alicyclic amines) is 1. The SMILES string of the molecule is Cc1cc(S(N)(=O)=O)ccc1-c1cccc(CN2C[C@H](O)C[C@@H]2C(=O)N[C@@H](C)c2ccccc2C(=O)O)c1. The van der Waals surface area contributed by atoms with Crippen molar-refractivity contribution in [3.63, 3.8) is 0 Å². The van der Waals surface area contributed by atoms with Crippen molar-refractivity contribution in [1.29, 1.82) is 0 Å². The summed E-state index contributed by atoms with van der Waals surface area (Å²) in [6.07, 6.45) is -0.393. The Balaban J connectivity index is 1.51. The molecule has 0 aliphatic carbocycles. The van der Waals surface area contributed by atoms with E-state index in [0.717, 1.165) is 22.3 Å². The molecule has 3 atom stereocenters. The summed E-state index contributed by atoms with van der Waals surface area (Å²) in [7, 11) is -3.80. The van der Waals surface area contributed by atoms with Crippen LogP contribution in [0, 0.1) is 6.92 Å². The fourth-order valence-corrected chi connectivity index (χ4v) is 5.59. The molecule has 5 N–H and O–H groups in total. The van der Waals surface area contributed by atoms with Gasteiger partial charge in [-0.15, -0.1) is 0 Å². The molecule has 0 radical (unpaired) electrons. The van der Waals surface area contributed by atoms with E-state index in [1.165, 1.54) is 18.2 Å². The molecular weight excluding hydrogens is 506 g/mol. The van der Waals surface area contributed by atoms with E-state index in [0.29, 0.717) is 18.7 Å². The maximum Gasteiger partial charge on any atom is 0.336 e. The zero-order valence-electron chi connectivity index (χ0n) is 21.2. The number of hydrogen-bond donors (Lipinski definition) is 4.